The molecule has 1 aromatic rings. The highest BCUT2D eigenvalue weighted by Crippen LogP contribution is 2.32. The van der Waals surface area contributed by atoms with Crippen LogP contribution in [0.25, 0.3) is 0 Å². The Labute approximate surface area is 128 Å². The largest absolute Gasteiger partial charge is 0.394 e. The van der Waals surface area contributed by atoms with Gasteiger partial charge in [0, 0.05) is 13.3 Å². The zero-order valence-electron chi connectivity index (χ0n) is 12.2. The van der Waals surface area contributed by atoms with E-state index in [4.69, 9.17) is 4.74 Å². The van der Waals surface area contributed by atoms with E-state index in [2.05, 4.69) is 5.32 Å². The Kier molecular flexibility index (Phi) is 5.15. The SMILES string of the molecule is CC(=O)N[C@H]1[C@@H](O)O[C@H](CO)[C@@H](O)[C@@]1(O)Cc1ccccc1. The van der Waals surface area contributed by atoms with Crippen LogP contribution in [-0.2, 0) is 16.0 Å². The Morgan fingerprint density at radius 3 is 2.50 bits per heavy atom. The number of hydrogen-bond donors (Lipinski definition) is 5. The van der Waals surface area contributed by atoms with Crippen LogP contribution in [0.15, 0.2) is 30.3 Å². The van der Waals surface area contributed by atoms with Crippen molar-refractivity contribution in [1.29, 1.82) is 0 Å². The topological polar surface area (TPSA) is 119 Å². The van der Waals surface area contributed by atoms with Gasteiger partial charge in [0.05, 0.1) is 6.61 Å². The van der Waals surface area contributed by atoms with Crippen molar-refractivity contribution in [1.82, 2.24) is 5.32 Å². The fourth-order valence-corrected chi connectivity index (χ4v) is 2.78. The summed E-state index contributed by atoms with van der Waals surface area (Å²) in [6, 6.07) is 7.65. The summed E-state index contributed by atoms with van der Waals surface area (Å²) in [4.78, 5) is 11.3. The lowest BCUT2D eigenvalue weighted by atomic mass is 9.78. The number of rotatable bonds is 4. The lowest BCUT2D eigenvalue weighted by Gasteiger charge is -2.48. The maximum absolute atomic E-state index is 11.3. The van der Waals surface area contributed by atoms with Gasteiger partial charge in [-0.2, -0.15) is 0 Å². The highest BCUT2D eigenvalue weighted by Gasteiger charge is 2.55. The normalized spacial score (nSPS) is 35.1. The van der Waals surface area contributed by atoms with Gasteiger partial charge in [0.15, 0.2) is 6.29 Å². The second-order valence-electron chi connectivity index (χ2n) is 5.52. The third-order valence-electron chi connectivity index (χ3n) is 3.87. The first kappa shape index (κ1) is 16.9. The molecule has 1 aromatic carbocycles. The third kappa shape index (κ3) is 3.29. The number of aliphatic hydroxyl groups is 4. The van der Waals surface area contributed by atoms with Crippen LogP contribution in [0, 0.1) is 0 Å². The van der Waals surface area contributed by atoms with Crippen LogP contribution in [0.4, 0.5) is 0 Å². The van der Waals surface area contributed by atoms with Crippen molar-refractivity contribution in [3.8, 4) is 0 Å². The highest BCUT2D eigenvalue weighted by atomic mass is 16.6. The molecule has 0 bridgehead atoms. The molecule has 0 aromatic heterocycles. The van der Waals surface area contributed by atoms with Crippen molar-refractivity contribution in [2.75, 3.05) is 6.61 Å². The summed E-state index contributed by atoms with van der Waals surface area (Å²) >= 11 is 0. The van der Waals surface area contributed by atoms with Crippen LogP contribution < -0.4 is 5.32 Å². The van der Waals surface area contributed by atoms with Gasteiger partial charge in [-0.3, -0.25) is 4.79 Å². The van der Waals surface area contributed by atoms with Crippen molar-refractivity contribution in [2.45, 2.75) is 43.5 Å². The van der Waals surface area contributed by atoms with Crippen LogP contribution >= 0.6 is 0 Å². The lowest BCUT2D eigenvalue weighted by Crippen LogP contribution is -2.72. The molecule has 22 heavy (non-hydrogen) atoms. The van der Waals surface area contributed by atoms with Gasteiger partial charge in [-0.15, -0.1) is 0 Å². The number of nitrogens with one attached hydrogen (secondary N) is 1. The van der Waals surface area contributed by atoms with E-state index in [0.29, 0.717) is 5.56 Å². The third-order valence-corrected chi connectivity index (χ3v) is 3.87. The summed E-state index contributed by atoms with van der Waals surface area (Å²) in [6.45, 7) is 0.669. The molecule has 0 radical (unpaired) electrons. The van der Waals surface area contributed by atoms with E-state index in [1.165, 1.54) is 6.92 Å². The summed E-state index contributed by atoms with van der Waals surface area (Å²) in [6.07, 6.45) is -4.18. The van der Waals surface area contributed by atoms with Gasteiger partial charge in [0.1, 0.15) is 23.9 Å². The zero-order valence-corrected chi connectivity index (χ0v) is 12.2. The first-order valence-electron chi connectivity index (χ1n) is 7.04. The second kappa shape index (κ2) is 6.72. The number of benzene rings is 1. The van der Waals surface area contributed by atoms with E-state index in [1.807, 2.05) is 6.07 Å². The van der Waals surface area contributed by atoms with E-state index >= 15 is 0 Å². The minimum atomic E-state index is -1.88. The fourth-order valence-electron chi connectivity index (χ4n) is 2.78. The molecule has 1 amide bonds. The van der Waals surface area contributed by atoms with Crippen LogP contribution in [0.5, 0.6) is 0 Å². The van der Waals surface area contributed by atoms with Gasteiger partial charge < -0.3 is 30.5 Å². The average molecular weight is 311 g/mol. The molecule has 1 saturated heterocycles. The van der Waals surface area contributed by atoms with Gasteiger partial charge in [0.2, 0.25) is 5.91 Å². The summed E-state index contributed by atoms with van der Waals surface area (Å²) < 4.78 is 5.08. The van der Waals surface area contributed by atoms with Crippen molar-refractivity contribution >= 4 is 5.91 Å². The quantitative estimate of drug-likeness (QED) is 0.463. The molecular weight excluding hydrogens is 290 g/mol. The van der Waals surface area contributed by atoms with Gasteiger partial charge in [-0.05, 0) is 5.56 Å². The van der Waals surface area contributed by atoms with E-state index < -0.39 is 42.7 Å². The van der Waals surface area contributed by atoms with E-state index in [0.717, 1.165) is 0 Å². The van der Waals surface area contributed by atoms with Crippen LogP contribution in [0.1, 0.15) is 12.5 Å². The molecule has 7 heteroatoms. The van der Waals surface area contributed by atoms with E-state index in [1.54, 1.807) is 24.3 Å². The first-order valence-corrected chi connectivity index (χ1v) is 7.04. The molecule has 0 unspecified atom stereocenters. The molecule has 0 spiro atoms. The number of aliphatic hydroxyl groups excluding tert-OH is 3. The Bertz CT molecular complexity index is 510. The van der Waals surface area contributed by atoms with Crippen LogP contribution in [0.3, 0.4) is 0 Å². The predicted octanol–water partition coefficient (Wildman–Crippen LogP) is -1.46. The molecule has 5 N–H and O–H groups in total. The minimum absolute atomic E-state index is 0.0170. The van der Waals surface area contributed by atoms with Gasteiger partial charge in [0.25, 0.3) is 0 Å². The van der Waals surface area contributed by atoms with Crippen LogP contribution in [0.2, 0.25) is 0 Å². The number of amides is 1. The molecule has 1 aliphatic heterocycles. The Balaban J connectivity index is 2.35. The van der Waals surface area contributed by atoms with E-state index in [-0.39, 0.29) is 6.42 Å². The summed E-state index contributed by atoms with van der Waals surface area (Å²) in [7, 11) is 0. The second-order valence-corrected chi connectivity index (χ2v) is 5.52. The van der Waals surface area contributed by atoms with Crippen molar-refractivity contribution in [2.24, 2.45) is 0 Å². The standard InChI is InChI=1S/C15H21NO6/c1-9(18)16-12-14(20)22-11(8-17)13(19)15(12,21)7-10-5-3-2-4-6-10/h2-6,11-14,17,19-21H,7-8H2,1H3,(H,16,18)/t11-,12+,13-,14+,15-/m1/s1. The number of carbonyl (C=O) groups is 1. The average Bonchev–Trinajstić information content (AvgIpc) is 2.48. The Hall–Kier alpha value is -1.51. The summed E-state index contributed by atoms with van der Waals surface area (Å²) in [5.41, 5.74) is -1.16. The molecule has 0 saturated carbocycles. The number of hydrogen-bond acceptors (Lipinski definition) is 6. The molecule has 5 atom stereocenters. The summed E-state index contributed by atoms with van der Waals surface area (Å²) in [5.74, 6) is -0.478. The Morgan fingerprint density at radius 1 is 1.32 bits per heavy atom. The molecular formula is C15H21NO6. The van der Waals surface area contributed by atoms with Crippen molar-refractivity contribution < 1.29 is 30.0 Å². The summed E-state index contributed by atoms with van der Waals surface area (Å²) in [5, 5.41) is 43.0. The molecule has 2 rings (SSSR count). The zero-order chi connectivity index (χ0) is 16.3. The molecule has 0 aliphatic carbocycles. The van der Waals surface area contributed by atoms with E-state index in [9.17, 15) is 25.2 Å². The highest BCUT2D eigenvalue weighted by molar-refractivity contribution is 5.73. The Morgan fingerprint density at radius 2 is 1.95 bits per heavy atom. The molecule has 1 heterocycles. The molecule has 7 nitrogen and oxygen atoms in total. The first-order chi connectivity index (χ1) is 10.4. The molecule has 1 fully saturated rings. The maximum atomic E-state index is 11.3. The maximum Gasteiger partial charge on any atom is 0.217 e. The number of carbonyl (C=O) groups excluding carboxylic acids is 1. The smallest absolute Gasteiger partial charge is 0.217 e. The van der Waals surface area contributed by atoms with Gasteiger partial charge in [-0.25, -0.2) is 0 Å². The minimum Gasteiger partial charge on any atom is -0.394 e. The number of ether oxygens (including phenoxy) is 1. The molecule has 1 aliphatic rings. The van der Waals surface area contributed by atoms with Gasteiger partial charge >= 0.3 is 0 Å². The van der Waals surface area contributed by atoms with Crippen molar-refractivity contribution in [3.05, 3.63) is 35.9 Å². The lowest BCUT2D eigenvalue weighted by molar-refractivity contribution is -0.287. The van der Waals surface area contributed by atoms with Gasteiger partial charge in [-0.1, -0.05) is 30.3 Å². The predicted molar refractivity (Wildman–Crippen MR) is 76.7 cm³/mol. The molecule has 122 valence electrons. The monoisotopic (exact) mass is 311 g/mol. The van der Waals surface area contributed by atoms with Crippen LogP contribution in [-0.4, -0.2) is 63.1 Å². The fraction of sp³-hybridized carbons (Fsp3) is 0.533. The van der Waals surface area contributed by atoms with Crippen molar-refractivity contribution in [3.63, 3.8) is 0 Å².